The smallest absolute Gasteiger partial charge is 0.303 e. The zero-order chi connectivity index (χ0) is 17.1. The minimum absolute atomic E-state index is 0.0950. The number of ether oxygens (including phenoxy) is 3. The van der Waals surface area contributed by atoms with Gasteiger partial charge in [-0.15, -0.1) is 0 Å². The summed E-state index contributed by atoms with van der Waals surface area (Å²) in [7, 11) is 0. The third-order valence-electron chi connectivity index (χ3n) is 4.60. The highest BCUT2D eigenvalue weighted by Crippen LogP contribution is 2.36. The van der Waals surface area contributed by atoms with Gasteiger partial charge in [0.25, 0.3) is 0 Å². The van der Waals surface area contributed by atoms with Gasteiger partial charge in [0, 0.05) is 17.3 Å². The van der Waals surface area contributed by atoms with Crippen LogP contribution in [0.2, 0.25) is 0 Å². The lowest BCUT2D eigenvalue weighted by Crippen LogP contribution is -2.53. The van der Waals surface area contributed by atoms with Crippen molar-refractivity contribution in [2.45, 2.75) is 59.5 Å². The molecular weight excluding hydrogens is 360 g/mol. The molecule has 1 aliphatic rings. The molecule has 1 aromatic carbocycles. The van der Waals surface area contributed by atoms with Gasteiger partial charge in [0.2, 0.25) is 6.29 Å². The average Bonchev–Trinajstić information content (AvgIpc) is 2.48. The molecule has 2 rings (SSSR count). The SMILES string of the molecule is CCC1OC(Oc2ccc(Br)cc2C)C(OC(C)=O)C(C)C1C. The first-order chi connectivity index (χ1) is 10.8. The van der Waals surface area contributed by atoms with Crippen molar-refractivity contribution in [2.24, 2.45) is 11.8 Å². The maximum atomic E-state index is 11.5. The molecule has 4 nitrogen and oxygen atoms in total. The number of carbonyl (C=O) groups excluding carboxylic acids is 1. The summed E-state index contributed by atoms with van der Waals surface area (Å²) in [6, 6.07) is 5.81. The second-order valence-corrected chi connectivity index (χ2v) is 7.19. The van der Waals surface area contributed by atoms with E-state index in [0.717, 1.165) is 22.2 Å². The number of aryl methyl sites for hydroxylation is 1. The Kier molecular flexibility index (Phi) is 6.09. The second kappa shape index (κ2) is 7.67. The molecule has 0 aliphatic carbocycles. The van der Waals surface area contributed by atoms with Crippen LogP contribution >= 0.6 is 15.9 Å². The summed E-state index contributed by atoms with van der Waals surface area (Å²) in [5.41, 5.74) is 1.00. The molecule has 0 N–H and O–H groups in total. The lowest BCUT2D eigenvalue weighted by molar-refractivity contribution is -0.247. The monoisotopic (exact) mass is 384 g/mol. The van der Waals surface area contributed by atoms with Gasteiger partial charge in [0.05, 0.1) is 6.10 Å². The summed E-state index contributed by atoms with van der Waals surface area (Å²) in [4.78, 5) is 11.5. The van der Waals surface area contributed by atoms with Crippen molar-refractivity contribution in [3.05, 3.63) is 28.2 Å². The molecule has 1 aromatic rings. The Morgan fingerprint density at radius 3 is 2.57 bits per heavy atom. The lowest BCUT2D eigenvalue weighted by Gasteiger charge is -2.43. The highest BCUT2D eigenvalue weighted by molar-refractivity contribution is 9.10. The summed E-state index contributed by atoms with van der Waals surface area (Å²) in [5.74, 6) is 0.897. The molecule has 0 spiro atoms. The van der Waals surface area contributed by atoms with Gasteiger partial charge < -0.3 is 14.2 Å². The van der Waals surface area contributed by atoms with E-state index in [4.69, 9.17) is 14.2 Å². The van der Waals surface area contributed by atoms with E-state index < -0.39 is 12.4 Å². The Hall–Kier alpha value is -1.07. The van der Waals surface area contributed by atoms with Crippen LogP contribution in [0.25, 0.3) is 0 Å². The number of rotatable bonds is 4. The van der Waals surface area contributed by atoms with Crippen molar-refractivity contribution in [1.82, 2.24) is 0 Å². The molecule has 1 aliphatic heterocycles. The first-order valence-electron chi connectivity index (χ1n) is 8.09. The molecule has 23 heavy (non-hydrogen) atoms. The number of halogens is 1. The largest absolute Gasteiger partial charge is 0.461 e. The van der Waals surface area contributed by atoms with E-state index >= 15 is 0 Å². The lowest BCUT2D eigenvalue weighted by atomic mass is 9.82. The van der Waals surface area contributed by atoms with Crippen LogP contribution in [-0.2, 0) is 14.3 Å². The summed E-state index contributed by atoms with van der Waals surface area (Å²) in [5, 5.41) is 0. The van der Waals surface area contributed by atoms with E-state index in [9.17, 15) is 4.79 Å². The van der Waals surface area contributed by atoms with Crippen LogP contribution in [0.4, 0.5) is 0 Å². The number of hydrogen-bond acceptors (Lipinski definition) is 4. The fraction of sp³-hybridized carbons (Fsp3) is 0.611. The molecule has 0 aromatic heterocycles. The molecule has 0 amide bonds. The normalized spacial score (nSPS) is 30.8. The van der Waals surface area contributed by atoms with Crippen LogP contribution in [0.15, 0.2) is 22.7 Å². The molecule has 1 saturated heterocycles. The second-order valence-electron chi connectivity index (χ2n) is 6.27. The molecular formula is C18H25BrO4. The van der Waals surface area contributed by atoms with Crippen molar-refractivity contribution < 1.29 is 19.0 Å². The number of esters is 1. The first kappa shape index (κ1) is 18.3. The Morgan fingerprint density at radius 2 is 2.00 bits per heavy atom. The van der Waals surface area contributed by atoms with E-state index in [0.29, 0.717) is 5.92 Å². The number of hydrogen-bond donors (Lipinski definition) is 0. The molecule has 128 valence electrons. The van der Waals surface area contributed by atoms with Gasteiger partial charge in [0.15, 0.2) is 6.10 Å². The molecule has 0 bridgehead atoms. The van der Waals surface area contributed by atoms with Crippen LogP contribution in [0.5, 0.6) is 5.75 Å². The Morgan fingerprint density at radius 1 is 1.30 bits per heavy atom. The minimum atomic E-state index is -0.588. The van der Waals surface area contributed by atoms with E-state index in [1.54, 1.807) is 0 Å². The van der Waals surface area contributed by atoms with E-state index in [1.165, 1.54) is 6.92 Å². The fourth-order valence-corrected chi connectivity index (χ4v) is 3.52. The first-order valence-corrected chi connectivity index (χ1v) is 8.88. The van der Waals surface area contributed by atoms with Gasteiger partial charge in [-0.2, -0.15) is 0 Å². The van der Waals surface area contributed by atoms with Crippen molar-refractivity contribution in [3.63, 3.8) is 0 Å². The van der Waals surface area contributed by atoms with Gasteiger partial charge in [-0.3, -0.25) is 4.79 Å². The van der Waals surface area contributed by atoms with E-state index in [-0.39, 0.29) is 18.0 Å². The fourth-order valence-electron chi connectivity index (χ4n) is 3.05. The third-order valence-corrected chi connectivity index (χ3v) is 5.09. The van der Waals surface area contributed by atoms with Crippen LogP contribution in [0.1, 0.15) is 39.7 Å². The number of carbonyl (C=O) groups is 1. The average molecular weight is 385 g/mol. The summed E-state index contributed by atoms with van der Waals surface area (Å²) >= 11 is 3.45. The van der Waals surface area contributed by atoms with Crippen LogP contribution in [-0.4, -0.2) is 24.5 Å². The van der Waals surface area contributed by atoms with Crippen LogP contribution < -0.4 is 4.74 Å². The number of benzene rings is 1. The highest BCUT2D eigenvalue weighted by atomic mass is 79.9. The predicted molar refractivity (Wildman–Crippen MR) is 92.3 cm³/mol. The van der Waals surface area contributed by atoms with Gasteiger partial charge >= 0.3 is 5.97 Å². The third kappa shape index (κ3) is 4.27. The Balaban J connectivity index is 2.25. The predicted octanol–water partition coefficient (Wildman–Crippen LogP) is 4.48. The van der Waals surface area contributed by atoms with Crippen molar-refractivity contribution in [3.8, 4) is 5.75 Å². The van der Waals surface area contributed by atoms with Gasteiger partial charge in [-0.1, -0.05) is 36.7 Å². The van der Waals surface area contributed by atoms with Crippen molar-refractivity contribution in [2.75, 3.05) is 0 Å². The van der Waals surface area contributed by atoms with Crippen molar-refractivity contribution in [1.29, 1.82) is 0 Å². The van der Waals surface area contributed by atoms with E-state index in [2.05, 4.69) is 36.7 Å². The molecule has 5 heteroatoms. The maximum Gasteiger partial charge on any atom is 0.303 e. The molecule has 5 unspecified atom stereocenters. The Labute approximate surface area is 146 Å². The summed E-state index contributed by atoms with van der Waals surface area (Å²) < 4.78 is 18.7. The van der Waals surface area contributed by atoms with Crippen molar-refractivity contribution >= 4 is 21.9 Å². The van der Waals surface area contributed by atoms with Crippen LogP contribution in [0, 0.1) is 18.8 Å². The summed E-state index contributed by atoms with van der Waals surface area (Å²) in [6.07, 6.45) is -0.00173. The van der Waals surface area contributed by atoms with Gasteiger partial charge in [0.1, 0.15) is 5.75 Å². The van der Waals surface area contributed by atoms with Gasteiger partial charge in [-0.05, 0) is 43.0 Å². The molecule has 0 saturated carbocycles. The minimum Gasteiger partial charge on any atom is -0.461 e. The Bertz CT molecular complexity index is 560. The molecule has 5 atom stereocenters. The topological polar surface area (TPSA) is 44.8 Å². The highest BCUT2D eigenvalue weighted by Gasteiger charge is 2.44. The van der Waals surface area contributed by atoms with Crippen LogP contribution in [0.3, 0.4) is 0 Å². The zero-order valence-electron chi connectivity index (χ0n) is 14.3. The molecule has 1 fully saturated rings. The maximum absolute atomic E-state index is 11.5. The zero-order valence-corrected chi connectivity index (χ0v) is 15.9. The van der Waals surface area contributed by atoms with E-state index in [1.807, 2.05) is 25.1 Å². The standard InChI is InChI=1S/C18H25BrO4/c1-6-15-11(3)12(4)17(21-13(5)20)18(22-15)23-16-8-7-14(19)9-10(16)2/h7-9,11-12,15,17-18H,6H2,1-5H3. The van der Waals surface area contributed by atoms with Gasteiger partial charge in [-0.25, -0.2) is 0 Å². The molecule has 0 radical (unpaired) electrons. The quantitative estimate of drug-likeness (QED) is 0.718. The molecule has 1 heterocycles. The summed E-state index contributed by atoms with van der Waals surface area (Å²) in [6.45, 7) is 9.73.